The van der Waals surface area contributed by atoms with E-state index < -0.39 is 18.5 Å². The Balaban J connectivity index is 1.73. The van der Waals surface area contributed by atoms with Crippen LogP contribution in [-0.2, 0) is 16.1 Å². The molecule has 0 unspecified atom stereocenters. The summed E-state index contributed by atoms with van der Waals surface area (Å²) in [6.07, 6.45) is 0. The van der Waals surface area contributed by atoms with Crippen molar-refractivity contribution < 1.29 is 14.3 Å². The minimum atomic E-state index is -0.775. The number of nitrogens with one attached hydrogen (secondary N) is 1. The molecule has 1 heterocycles. The molecule has 0 saturated heterocycles. The number of amides is 1. The fourth-order valence-electron chi connectivity index (χ4n) is 2.79. The summed E-state index contributed by atoms with van der Waals surface area (Å²) in [5, 5.41) is 8.10. The summed E-state index contributed by atoms with van der Waals surface area (Å²) < 4.78 is 6.36. The van der Waals surface area contributed by atoms with Gasteiger partial charge in [-0.05, 0) is 31.5 Å². The van der Waals surface area contributed by atoms with Crippen LogP contribution in [0.15, 0.2) is 53.3 Å². The number of esters is 1. The maximum Gasteiger partial charge on any atom is 0.359 e. The number of carbonyl (C=O) groups is 2. The van der Waals surface area contributed by atoms with Crippen molar-refractivity contribution >= 4 is 34.2 Å². The smallest absolute Gasteiger partial charge is 0.359 e. The van der Waals surface area contributed by atoms with Gasteiger partial charge in [0.05, 0.1) is 11.4 Å². The van der Waals surface area contributed by atoms with Crippen molar-refractivity contribution in [3.05, 3.63) is 75.2 Å². The number of rotatable bonds is 6. The lowest BCUT2D eigenvalue weighted by Gasteiger charge is -2.13. The third-order valence-corrected chi connectivity index (χ3v) is 4.65. The summed E-state index contributed by atoms with van der Waals surface area (Å²) in [4.78, 5) is 37.2. The van der Waals surface area contributed by atoms with Crippen LogP contribution in [0.2, 0.25) is 5.02 Å². The van der Waals surface area contributed by atoms with Crippen LogP contribution < -0.4 is 10.9 Å². The fourth-order valence-corrected chi connectivity index (χ4v) is 3.00. The number of fused-ring (bicyclic) bond motifs is 1. The summed E-state index contributed by atoms with van der Waals surface area (Å²) in [7, 11) is 0. The molecule has 0 fully saturated rings. The monoisotopic (exact) mass is 413 g/mol. The van der Waals surface area contributed by atoms with Crippen molar-refractivity contribution in [2.24, 2.45) is 0 Å². The molecule has 2 aromatic carbocycles. The molecule has 0 aliphatic rings. The molecule has 1 aromatic heterocycles. The van der Waals surface area contributed by atoms with Crippen LogP contribution >= 0.6 is 11.6 Å². The van der Waals surface area contributed by atoms with E-state index in [9.17, 15) is 14.4 Å². The Morgan fingerprint density at radius 2 is 1.76 bits per heavy atom. The van der Waals surface area contributed by atoms with Gasteiger partial charge >= 0.3 is 5.97 Å². The summed E-state index contributed by atoms with van der Waals surface area (Å²) >= 11 is 6.05. The fraction of sp³-hybridized carbons (Fsp3) is 0.238. The lowest BCUT2D eigenvalue weighted by atomic mass is 10.1. The Kier molecular flexibility index (Phi) is 6.29. The van der Waals surface area contributed by atoms with Crippen LogP contribution in [0.5, 0.6) is 0 Å². The zero-order valence-corrected chi connectivity index (χ0v) is 16.8. The van der Waals surface area contributed by atoms with E-state index in [1.54, 1.807) is 56.3 Å². The molecule has 0 saturated carbocycles. The molecule has 7 nitrogen and oxygen atoms in total. The summed E-state index contributed by atoms with van der Waals surface area (Å²) in [5.74, 6) is -1.25. The van der Waals surface area contributed by atoms with Gasteiger partial charge in [0.2, 0.25) is 0 Å². The van der Waals surface area contributed by atoms with E-state index in [0.717, 1.165) is 5.56 Å². The second-order valence-electron chi connectivity index (χ2n) is 6.68. The zero-order chi connectivity index (χ0) is 21.0. The van der Waals surface area contributed by atoms with Crippen molar-refractivity contribution in [2.45, 2.75) is 26.4 Å². The molecule has 0 bridgehead atoms. The van der Waals surface area contributed by atoms with E-state index in [2.05, 4.69) is 10.4 Å². The first-order chi connectivity index (χ1) is 13.9. The summed E-state index contributed by atoms with van der Waals surface area (Å²) in [5.41, 5.74) is 0.461. The van der Waals surface area contributed by atoms with Crippen LogP contribution in [-0.4, -0.2) is 28.3 Å². The Morgan fingerprint density at radius 3 is 2.45 bits per heavy atom. The Morgan fingerprint density at radius 1 is 1.10 bits per heavy atom. The molecule has 0 aliphatic carbocycles. The molecule has 3 aromatic rings. The Labute approximate surface area is 172 Å². The molecular weight excluding hydrogens is 394 g/mol. The lowest BCUT2D eigenvalue weighted by molar-refractivity contribution is -0.124. The van der Waals surface area contributed by atoms with Crippen LogP contribution in [0.3, 0.4) is 0 Å². The first-order valence-corrected chi connectivity index (χ1v) is 9.45. The molecule has 150 valence electrons. The summed E-state index contributed by atoms with van der Waals surface area (Å²) in [6.45, 7) is 3.33. The Bertz CT molecular complexity index is 1120. The van der Waals surface area contributed by atoms with E-state index in [4.69, 9.17) is 16.3 Å². The van der Waals surface area contributed by atoms with E-state index >= 15 is 0 Å². The second-order valence-corrected chi connectivity index (χ2v) is 7.09. The van der Waals surface area contributed by atoms with E-state index in [-0.39, 0.29) is 23.8 Å². The van der Waals surface area contributed by atoms with E-state index in [1.807, 2.05) is 6.07 Å². The first-order valence-electron chi connectivity index (χ1n) is 9.07. The highest BCUT2D eigenvalue weighted by Crippen LogP contribution is 2.16. The zero-order valence-electron chi connectivity index (χ0n) is 16.0. The van der Waals surface area contributed by atoms with Crippen molar-refractivity contribution in [1.29, 1.82) is 0 Å². The quantitative estimate of drug-likeness (QED) is 0.627. The van der Waals surface area contributed by atoms with Gasteiger partial charge in [-0.3, -0.25) is 9.59 Å². The highest BCUT2D eigenvalue weighted by Gasteiger charge is 2.19. The van der Waals surface area contributed by atoms with Crippen molar-refractivity contribution in [3.8, 4) is 0 Å². The number of halogens is 1. The maximum atomic E-state index is 12.6. The van der Waals surface area contributed by atoms with E-state index in [1.165, 1.54) is 4.68 Å². The molecule has 8 heteroatoms. The average Bonchev–Trinajstić information content (AvgIpc) is 2.71. The maximum absolute atomic E-state index is 12.6. The molecular formula is C21H20ClN3O4. The van der Waals surface area contributed by atoms with Crippen molar-refractivity contribution in [3.63, 3.8) is 0 Å². The number of nitrogens with zero attached hydrogens (tertiary/aromatic N) is 2. The largest absolute Gasteiger partial charge is 0.451 e. The van der Waals surface area contributed by atoms with Gasteiger partial charge in [-0.1, -0.05) is 48.0 Å². The first kappa shape index (κ1) is 20.5. The van der Waals surface area contributed by atoms with Crippen molar-refractivity contribution in [1.82, 2.24) is 15.1 Å². The molecule has 0 radical (unpaired) electrons. The predicted molar refractivity (Wildman–Crippen MR) is 110 cm³/mol. The minimum Gasteiger partial charge on any atom is -0.451 e. The highest BCUT2D eigenvalue weighted by molar-refractivity contribution is 6.31. The van der Waals surface area contributed by atoms with Gasteiger partial charge < -0.3 is 10.1 Å². The number of ether oxygens (including phenoxy) is 1. The molecule has 1 N–H and O–H groups in total. The normalized spacial score (nSPS) is 10.9. The molecule has 0 aliphatic heterocycles. The number of carbonyl (C=O) groups excluding carboxylic acids is 2. The molecule has 0 atom stereocenters. The average molecular weight is 414 g/mol. The lowest BCUT2D eigenvalue weighted by Crippen LogP contribution is -2.30. The third-order valence-electron chi connectivity index (χ3n) is 4.28. The van der Waals surface area contributed by atoms with Gasteiger partial charge in [-0.15, -0.1) is 0 Å². The molecule has 0 spiro atoms. The van der Waals surface area contributed by atoms with Gasteiger partial charge in [-0.2, -0.15) is 5.10 Å². The van der Waals surface area contributed by atoms with Crippen LogP contribution in [0.4, 0.5) is 0 Å². The van der Waals surface area contributed by atoms with Crippen LogP contribution in [0, 0.1) is 0 Å². The van der Waals surface area contributed by atoms with Gasteiger partial charge in [0, 0.05) is 17.0 Å². The number of hydrogen-bond donors (Lipinski definition) is 1. The topological polar surface area (TPSA) is 90.3 Å². The third kappa shape index (κ3) is 4.63. The van der Waals surface area contributed by atoms with Gasteiger partial charge in [0.1, 0.15) is 0 Å². The van der Waals surface area contributed by atoms with Crippen LogP contribution in [0.1, 0.15) is 35.9 Å². The molecule has 1 amide bonds. The molecule has 3 rings (SSSR count). The van der Waals surface area contributed by atoms with Gasteiger partial charge in [0.25, 0.3) is 11.5 Å². The SMILES string of the molecule is CC(C)n1nc(C(=O)OCC(=O)NCc2ccccc2Cl)c2ccccc2c1=O. The Hall–Kier alpha value is -3.19. The second kappa shape index (κ2) is 8.87. The highest BCUT2D eigenvalue weighted by atomic mass is 35.5. The summed E-state index contributed by atoms with van der Waals surface area (Å²) in [6, 6.07) is 13.6. The van der Waals surface area contributed by atoms with Gasteiger partial charge in [-0.25, -0.2) is 9.48 Å². The van der Waals surface area contributed by atoms with Crippen molar-refractivity contribution in [2.75, 3.05) is 6.61 Å². The molecule has 29 heavy (non-hydrogen) atoms. The number of benzene rings is 2. The number of hydrogen-bond acceptors (Lipinski definition) is 5. The number of aromatic nitrogens is 2. The van der Waals surface area contributed by atoms with Gasteiger partial charge in [0.15, 0.2) is 12.3 Å². The van der Waals surface area contributed by atoms with E-state index in [0.29, 0.717) is 15.8 Å². The standard InChI is InChI=1S/C21H20ClN3O4/c1-13(2)25-20(27)16-9-5-4-8-15(16)19(24-25)21(28)29-12-18(26)23-11-14-7-3-6-10-17(14)22/h3-10,13H,11-12H2,1-2H3,(H,23,26). The minimum absolute atomic E-state index is 0.00666. The predicted octanol–water partition coefficient (Wildman–Crippen LogP) is 3.10. The van der Waals surface area contributed by atoms with Crippen LogP contribution in [0.25, 0.3) is 10.8 Å².